The number of hydrogen-bond donors (Lipinski definition) is 0. The van der Waals surface area contributed by atoms with Gasteiger partial charge in [0.2, 0.25) is 11.9 Å². The van der Waals surface area contributed by atoms with Gasteiger partial charge in [-0.2, -0.15) is 9.97 Å². The lowest BCUT2D eigenvalue weighted by atomic mass is 9.98. The first-order valence-electron chi connectivity index (χ1n) is 14.4. The molecule has 2 aliphatic rings. The number of imidazole rings is 2. The van der Waals surface area contributed by atoms with Crippen LogP contribution in [0, 0.1) is 0 Å². The summed E-state index contributed by atoms with van der Waals surface area (Å²) < 4.78 is 9.84. The van der Waals surface area contributed by atoms with Crippen molar-refractivity contribution in [1.29, 1.82) is 0 Å². The second-order valence-electron chi connectivity index (χ2n) is 11.3. The predicted molar refractivity (Wildman–Crippen MR) is 155 cm³/mol. The molecular formula is C29H39N9O2. The Hall–Kier alpha value is -3.57. The van der Waals surface area contributed by atoms with Crippen LogP contribution in [0.1, 0.15) is 45.8 Å². The number of rotatable bonds is 6. The third-order valence-corrected chi connectivity index (χ3v) is 8.30. The van der Waals surface area contributed by atoms with E-state index in [4.69, 9.17) is 24.7 Å². The van der Waals surface area contributed by atoms with Crippen LogP contribution < -0.4 is 4.90 Å². The molecule has 1 amide bonds. The number of amides is 1. The number of benzene rings is 1. The van der Waals surface area contributed by atoms with E-state index in [2.05, 4.69) is 45.8 Å². The van der Waals surface area contributed by atoms with Crippen LogP contribution in [0.15, 0.2) is 24.3 Å². The van der Waals surface area contributed by atoms with E-state index in [9.17, 15) is 4.79 Å². The molecule has 11 heteroatoms. The molecule has 2 fully saturated rings. The minimum Gasteiger partial charge on any atom is -0.378 e. The van der Waals surface area contributed by atoms with Gasteiger partial charge in [-0.15, -0.1) is 0 Å². The van der Waals surface area contributed by atoms with E-state index >= 15 is 0 Å². The van der Waals surface area contributed by atoms with E-state index in [1.165, 1.54) is 0 Å². The van der Waals surface area contributed by atoms with Crippen LogP contribution in [-0.2, 0) is 29.5 Å². The largest absolute Gasteiger partial charge is 0.378 e. The summed E-state index contributed by atoms with van der Waals surface area (Å²) in [5, 5.41) is 0. The normalized spacial score (nSPS) is 18.2. The third-order valence-electron chi connectivity index (χ3n) is 8.30. The average Bonchev–Trinajstić information content (AvgIpc) is 3.50. The summed E-state index contributed by atoms with van der Waals surface area (Å²) >= 11 is 0. The number of piperazine rings is 1. The van der Waals surface area contributed by atoms with Crippen LogP contribution >= 0.6 is 0 Å². The minimum absolute atomic E-state index is 0.170. The minimum atomic E-state index is -0.170. The number of hydrogen-bond acceptors (Lipinski definition) is 8. The summed E-state index contributed by atoms with van der Waals surface area (Å²) in [5.74, 6) is 3.53. The highest BCUT2D eigenvalue weighted by Crippen LogP contribution is 2.30. The highest BCUT2D eigenvalue weighted by Gasteiger charge is 2.36. The zero-order valence-electron chi connectivity index (χ0n) is 24.2. The molecule has 0 atom stereocenters. The number of morpholine rings is 1. The Labute approximate surface area is 234 Å². The summed E-state index contributed by atoms with van der Waals surface area (Å²) in [7, 11) is 2.04. The number of para-hydroxylation sites is 2. The van der Waals surface area contributed by atoms with E-state index in [0.717, 1.165) is 72.3 Å². The SMILES string of the molecule is CCC(=O)N1CCN(Cc2nc3c(N4CCOCC4)nc(-n4c(CC)nc5ccccc54)nc3n2C)C(C)(C)C1. The van der Waals surface area contributed by atoms with Crippen molar-refractivity contribution in [2.75, 3.05) is 50.8 Å². The molecular weight excluding hydrogens is 506 g/mol. The molecule has 0 radical (unpaired) electrons. The molecule has 0 N–H and O–H groups in total. The lowest BCUT2D eigenvalue weighted by Gasteiger charge is -2.47. The van der Waals surface area contributed by atoms with Crippen LogP contribution in [0.25, 0.3) is 28.1 Å². The molecule has 0 unspecified atom stereocenters. The Morgan fingerprint density at radius 1 is 0.975 bits per heavy atom. The number of aromatic nitrogens is 6. The fraction of sp³-hybridized carbons (Fsp3) is 0.552. The van der Waals surface area contributed by atoms with Crippen molar-refractivity contribution in [2.24, 2.45) is 7.05 Å². The maximum absolute atomic E-state index is 12.4. The van der Waals surface area contributed by atoms with E-state index in [-0.39, 0.29) is 11.4 Å². The Morgan fingerprint density at radius 3 is 2.48 bits per heavy atom. The zero-order chi connectivity index (χ0) is 28.0. The average molecular weight is 546 g/mol. The van der Waals surface area contributed by atoms with Crippen molar-refractivity contribution < 1.29 is 9.53 Å². The number of anilines is 1. The molecule has 5 heterocycles. The second kappa shape index (κ2) is 10.4. The van der Waals surface area contributed by atoms with Gasteiger partial charge in [-0.25, -0.2) is 9.97 Å². The lowest BCUT2D eigenvalue weighted by molar-refractivity contribution is -0.136. The van der Waals surface area contributed by atoms with Crippen LogP contribution in [0.3, 0.4) is 0 Å². The molecule has 0 spiro atoms. The molecule has 0 aliphatic carbocycles. The van der Waals surface area contributed by atoms with E-state index < -0.39 is 0 Å². The van der Waals surface area contributed by atoms with Crippen molar-refractivity contribution in [3.05, 3.63) is 35.9 Å². The molecule has 212 valence electrons. The van der Waals surface area contributed by atoms with Crippen molar-refractivity contribution >= 4 is 33.9 Å². The number of ether oxygens (including phenoxy) is 1. The summed E-state index contributed by atoms with van der Waals surface area (Å²) in [4.78, 5) is 39.3. The monoisotopic (exact) mass is 545 g/mol. The van der Waals surface area contributed by atoms with Crippen LogP contribution in [0.4, 0.5) is 5.82 Å². The molecule has 40 heavy (non-hydrogen) atoms. The number of carbonyl (C=O) groups excluding carboxylic acids is 1. The predicted octanol–water partition coefficient (Wildman–Crippen LogP) is 2.93. The van der Waals surface area contributed by atoms with Gasteiger partial charge in [-0.3, -0.25) is 14.3 Å². The first kappa shape index (κ1) is 26.6. The Bertz CT molecular complexity index is 1550. The molecule has 2 aliphatic heterocycles. The van der Waals surface area contributed by atoms with Crippen molar-refractivity contribution in [2.45, 2.75) is 52.6 Å². The van der Waals surface area contributed by atoms with Gasteiger partial charge in [0, 0.05) is 58.2 Å². The third kappa shape index (κ3) is 4.60. The summed E-state index contributed by atoms with van der Waals surface area (Å²) in [6, 6.07) is 8.14. The van der Waals surface area contributed by atoms with E-state index in [0.29, 0.717) is 38.7 Å². The molecule has 1 aromatic carbocycles. The number of aryl methyl sites for hydroxylation is 2. The number of carbonyl (C=O) groups is 1. The molecule has 0 bridgehead atoms. The first-order valence-corrected chi connectivity index (χ1v) is 14.4. The van der Waals surface area contributed by atoms with Crippen LogP contribution in [0.5, 0.6) is 0 Å². The maximum atomic E-state index is 12.4. The fourth-order valence-corrected chi connectivity index (χ4v) is 5.94. The van der Waals surface area contributed by atoms with Gasteiger partial charge in [0.15, 0.2) is 17.0 Å². The Kier molecular flexibility index (Phi) is 6.95. The van der Waals surface area contributed by atoms with Gasteiger partial charge in [-0.05, 0) is 26.0 Å². The Balaban J connectivity index is 1.44. The van der Waals surface area contributed by atoms with Gasteiger partial charge < -0.3 is 19.1 Å². The smallest absolute Gasteiger partial charge is 0.239 e. The zero-order valence-corrected chi connectivity index (χ0v) is 24.2. The number of fused-ring (bicyclic) bond motifs is 2. The van der Waals surface area contributed by atoms with Crippen LogP contribution in [0.2, 0.25) is 0 Å². The first-order chi connectivity index (χ1) is 19.3. The van der Waals surface area contributed by atoms with Crippen molar-refractivity contribution in [3.63, 3.8) is 0 Å². The fourth-order valence-electron chi connectivity index (χ4n) is 5.94. The topological polar surface area (TPSA) is 97.4 Å². The molecule has 11 nitrogen and oxygen atoms in total. The second-order valence-corrected chi connectivity index (χ2v) is 11.3. The van der Waals surface area contributed by atoms with E-state index in [1.54, 1.807) is 0 Å². The van der Waals surface area contributed by atoms with Crippen LogP contribution in [-0.4, -0.2) is 96.3 Å². The van der Waals surface area contributed by atoms with Gasteiger partial charge in [0.25, 0.3) is 0 Å². The van der Waals surface area contributed by atoms with Gasteiger partial charge in [0.1, 0.15) is 11.6 Å². The quantitative estimate of drug-likeness (QED) is 0.365. The number of nitrogens with zero attached hydrogens (tertiary/aromatic N) is 9. The van der Waals surface area contributed by atoms with Gasteiger partial charge >= 0.3 is 0 Å². The molecule has 0 saturated carbocycles. The summed E-state index contributed by atoms with van der Waals surface area (Å²) in [6.45, 7) is 14.2. The molecule has 4 aromatic rings. The standard InChI is InChI=1S/C29H39N9O2/c1-6-22-30-20-10-8-9-11-21(20)38(22)28-32-26-25(27(33-28)35-14-16-40-17-15-35)31-23(34(26)5)18-37-13-12-36(24(39)7-2)19-29(37,3)4/h8-11H,6-7,12-19H2,1-5H3. The highest BCUT2D eigenvalue weighted by molar-refractivity contribution is 5.86. The van der Waals surface area contributed by atoms with Gasteiger partial charge in [-0.1, -0.05) is 26.0 Å². The van der Waals surface area contributed by atoms with E-state index in [1.807, 2.05) is 37.1 Å². The summed E-state index contributed by atoms with van der Waals surface area (Å²) in [6.07, 6.45) is 1.30. The summed E-state index contributed by atoms with van der Waals surface area (Å²) in [5.41, 5.74) is 3.37. The Morgan fingerprint density at radius 2 is 1.75 bits per heavy atom. The highest BCUT2D eigenvalue weighted by atomic mass is 16.5. The maximum Gasteiger partial charge on any atom is 0.239 e. The molecule has 6 rings (SSSR count). The van der Waals surface area contributed by atoms with Gasteiger partial charge in [0.05, 0.1) is 30.8 Å². The molecule has 3 aromatic heterocycles. The lowest BCUT2D eigenvalue weighted by Crippen LogP contribution is -2.60. The molecule has 2 saturated heterocycles. The van der Waals surface area contributed by atoms with Crippen molar-refractivity contribution in [1.82, 2.24) is 38.9 Å². The van der Waals surface area contributed by atoms with Crippen molar-refractivity contribution in [3.8, 4) is 5.95 Å².